The van der Waals surface area contributed by atoms with Gasteiger partial charge < -0.3 is 10.6 Å². The van der Waals surface area contributed by atoms with Crippen molar-refractivity contribution in [3.63, 3.8) is 0 Å². The SMILES string of the molecule is CCCNC(=O)CNC(=O)c1ccnc(Cl)c1[N+](=O)[O-]. The molecule has 1 aromatic heterocycles. The van der Waals surface area contributed by atoms with E-state index in [1.165, 1.54) is 12.3 Å². The van der Waals surface area contributed by atoms with Gasteiger partial charge in [-0.05, 0) is 12.5 Å². The molecule has 108 valence electrons. The van der Waals surface area contributed by atoms with Crippen molar-refractivity contribution in [1.29, 1.82) is 0 Å². The predicted octanol–water partition coefficient (Wildman–Crippen LogP) is 0.899. The Labute approximate surface area is 119 Å². The Morgan fingerprint density at radius 1 is 1.45 bits per heavy atom. The molecule has 0 bridgehead atoms. The average Bonchev–Trinajstić information content (AvgIpc) is 2.41. The van der Waals surface area contributed by atoms with Crippen LogP contribution in [0.15, 0.2) is 12.3 Å². The minimum atomic E-state index is -0.790. The highest BCUT2D eigenvalue weighted by Crippen LogP contribution is 2.25. The van der Waals surface area contributed by atoms with Gasteiger partial charge in [-0.2, -0.15) is 0 Å². The Balaban J connectivity index is 2.76. The van der Waals surface area contributed by atoms with Crippen LogP contribution in [0, 0.1) is 10.1 Å². The van der Waals surface area contributed by atoms with Crippen LogP contribution in [0.5, 0.6) is 0 Å². The second-order valence-corrected chi connectivity index (χ2v) is 4.15. The summed E-state index contributed by atoms with van der Waals surface area (Å²) in [7, 11) is 0. The number of amides is 2. The summed E-state index contributed by atoms with van der Waals surface area (Å²) in [5.41, 5.74) is -0.820. The van der Waals surface area contributed by atoms with Crippen LogP contribution in [0.1, 0.15) is 23.7 Å². The van der Waals surface area contributed by atoms with Gasteiger partial charge in [-0.15, -0.1) is 0 Å². The van der Waals surface area contributed by atoms with Gasteiger partial charge in [-0.25, -0.2) is 4.98 Å². The number of nitrogens with zero attached hydrogens (tertiary/aromatic N) is 2. The first kappa shape index (κ1) is 15.8. The Kier molecular flexibility index (Phi) is 5.85. The average molecular weight is 301 g/mol. The number of aromatic nitrogens is 1. The van der Waals surface area contributed by atoms with Crippen molar-refractivity contribution < 1.29 is 14.5 Å². The summed E-state index contributed by atoms with van der Waals surface area (Å²) in [4.78, 5) is 36.7. The monoisotopic (exact) mass is 300 g/mol. The van der Waals surface area contributed by atoms with Gasteiger partial charge >= 0.3 is 5.69 Å². The third-order valence-corrected chi connectivity index (χ3v) is 2.57. The van der Waals surface area contributed by atoms with E-state index in [1.807, 2.05) is 6.92 Å². The standard InChI is InChI=1S/C11H13ClN4O4/c1-2-4-13-8(17)6-15-11(18)7-3-5-14-10(12)9(7)16(19)20/h3,5H,2,4,6H2,1H3,(H,13,17)(H,15,18). The molecule has 1 aromatic rings. The summed E-state index contributed by atoms with van der Waals surface area (Å²) in [5.74, 6) is -1.13. The molecule has 2 amide bonds. The first-order valence-corrected chi connectivity index (χ1v) is 6.19. The molecule has 9 heteroatoms. The normalized spacial score (nSPS) is 9.90. The number of pyridine rings is 1. The Hall–Kier alpha value is -2.22. The molecule has 1 heterocycles. The zero-order chi connectivity index (χ0) is 15.1. The van der Waals surface area contributed by atoms with E-state index < -0.39 is 16.5 Å². The number of nitrogens with one attached hydrogen (secondary N) is 2. The first-order chi connectivity index (χ1) is 9.47. The van der Waals surface area contributed by atoms with Crippen molar-refractivity contribution in [1.82, 2.24) is 15.6 Å². The lowest BCUT2D eigenvalue weighted by Crippen LogP contribution is -2.37. The summed E-state index contributed by atoms with van der Waals surface area (Å²) in [6.45, 7) is 2.12. The lowest BCUT2D eigenvalue weighted by molar-refractivity contribution is -0.385. The number of halogens is 1. The molecule has 0 saturated heterocycles. The van der Waals surface area contributed by atoms with Crippen molar-refractivity contribution in [2.24, 2.45) is 0 Å². The van der Waals surface area contributed by atoms with Crippen LogP contribution in [-0.4, -0.2) is 34.8 Å². The number of hydrogen-bond donors (Lipinski definition) is 2. The van der Waals surface area contributed by atoms with Crippen molar-refractivity contribution >= 4 is 29.1 Å². The van der Waals surface area contributed by atoms with Gasteiger partial charge in [0.05, 0.1) is 11.5 Å². The van der Waals surface area contributed by atoms with E-state index in [1.54, 1.807) is 0 Å². The molecule has 0 fully saturated rings. The molecule has 0 aromatic carbocycles. The highest BCUT2D eigenvalue weighted by atomic mass is 35.5. The fourth-order valence-corrected chi connectivity index (χ4v) is 1.60. The highest BCUT2D eigenvalue weighted by Gasteiger charge is 2.24. The maximum atomic E-state index is 11.8. The Bertz CT molecular complexity index is 535. The van der Waals surface area contributed by atoms with Crippen LogP contribution in [0.25, 0.3) is 0 Å². The van der Waals surface area contributed by atoms with Crippen molar-refractivity contribution in [2.45, 2.75) is 13.3 Å². The molecule has 0 saturated carbocycles. The summed E-state index contributed by atoms with van der Waals surface area (Å²) in [6, 6.07) is 1.17. The van der Waals surface area contributed by atoms with Crippen LogP contribution < -0.4 is 10.6 Å². The van der Waals surface area contributed by atoms with Crippen molar-refractivity contribution in [3.05, 3.63) is 33.1 Å². The van der Waals surface area contributed by atoms with Gasteiger partial charge in [-0.3, -0.25) is 19.7 Å². The van der Waals surface area contributed by atoms with E-state index in [-0.39, 0.29) is 23.2 Å². The third kappa shape index (κ3) is 4.16. The molecular formula is C11H13ClN4O4. The molecule has 0 spiro atoms. The molecule has 1 rings (SSSR count). The summed E-state index contributed by atoms with van der Waals surface area (Å²) in [6.07, 6.45) is 1.95. The molecular weight excluding hydrogens is 288 g/mol. The largest absolute Gasteiger partial charge is 0.355 e. The Morgan fingerprint density at radius 3 is 2.75 bits per heavy atom. The minimum absolute atomic E-state index is 0.238. The summed E-state index contributed by atoms with van der Waals surface area (Å²) >= 11 is 5.59. The van der Waals surface area contributed by atoms with Crippen LogP contribution in [0.2, 0.25) is 5.15 Å². The first-order valence-electron chi connectivity index (χ1n) is 5.81. The Morgan fingerprint density at radius 2 is 2.15 bits per heavy atom. The zero-order valence-electron chi connectivity index (χ0n) is 10.7. The second kappa shape index (κ2) is 7.39. The second-order valence-electron chi connectivity index (χ2n) is 3.79. The molecule has 0 radical (unpaired) electrons. The molecule has 0 unspecified atom stereocenters. The van der Waals surface area contributed by atoms with E-state index in [4.69, 9.17) is 11.6 Å². The lowest BCUT2D eigenvalue weighted by Gasteiger charge is -2.06. The summed E-state index contributed by atoms with van der Waals surface area (Å²) in [5, 5.41) is 15.3. The number of carbonyl (C=O) groups is 2. The molecule has 8 nitrogen and oxygen atoms in total. The third-order valence-electron chi connectivity index (χ3n) is 2.29. The molecule has 0 aliphatic carbocycles. The van der Waals surface area contributed by atoms with Gasteiger partial charge in [-0.1, -0.05) is 18.5 Å². The van der Waals surface area contributed by atoms with Crippen molar-refractivity contribution in [3.8, 4) is 0 Å². The zero-order valence-corrected chi connectivity index (χ0v) is 11.4. The molecule has 0 atom stereocenters. The van der Waals surface area contributed by atoms with E-state index in [9.17, 15) is 19.7 Å². The van der Waals surface area contributed by atoms with Gasteiger partial charge in [0.25, 0.3) is 5.91 Å². The van der Waals surface area contributed by atoms with Crippen LogP contribution in [0.4, 0.5) is 5.69 Å². The van der Waals surface area contributed by atoms with E-state index in [0.29, 0.717) is 6.54 Å². The maximum Gasteiger partial charge on any atom is 0.319 e. The van der Waals surface area contributed by atoms with E-state index in [2.05, 4.69) is 15.6 Å². The molecule has 0 aliphatic rings. The van der Waals surface area contributed by atoms with Crippen molar-refractivity contribution in [2.75, 3.05) is 13.1 Å². The topological polar surface area (TPSA) is 114 Å². The molecule has 2 N–H and O–H groups in total. The van der Waals surface area contributed by atoms with Gasteiger partial charge in [0.15, 0.2) is 0 Å². The van der Waals surface area contributed by atoms with Gasteiger partial charge in [0.1, 0.15) is 5.56 Å². The van der Waals surface area contributed by atoms with Crippen LogP contribution in [-0.2, 0) is 4.79 Å². The number of rotatable bonds is 6. The fourth-order valence-electron chi connectivity index (χ4n) is 1.37. The van der Waals surface area contributed by atoms with Gasteiger partial charge in [0.2, 0.25) is 11.1 Å². The minimum Gasteiger partial charge on any atom is -0.355 e. The number of carbonyl (C=O) groups excluding carboxylic acids is 2. The van der Waals surface area contributed by atoms with E-state index >= 15 is 0 Å². The molecule has 0 aliphatic heterocycles. The number of hydrogen-bond acceptors (Lipinski definition) is 5. The highest BCUT2D eigenvalue weighted by molar-refractivity contribution is 6.32. The maximum absolute atomic E-state index is 11.8. The predicted molar refractivity (Wildman–Crippen MR) is 71.5 cm³/mol. The number of nitro groups is 1. The smallest absolute Gasteiger partial charge is 0.319 e. The fraction of sp³-hybridized carbons (Fsp3) is 0.364. The van der Waals surface area contributed by atoms with Crippen LogP contribution >= 0.6 is 11.6 Å². The quantitative estimate of drug-likeness (QED) is 0.460. The van der Waals surface area contributed by atoms with E-state index in [0.717, 1.165) is 6.42 Å². The lowest BCUT2D eigenvalue weighted by atomic mass is 10.2. The summed E-state index contributed by atoms with van der Waals surface area (Å²) < 4.78 is 0. The molecule has 20 heavy (non-hydrogen) atoms. The van der Waals surface area contributed by atoms with Crippen LogP contribution in [0.3, 0.4) is 0 Å². The van der Waals surface area contributed by atoms with Gasteiger partial charge in [0, 0.05) is 12.7 Å².